The van der Waals surface area contributed by atoms with Gasteiger partial charge < -0.3 is 103 Å². The molecule has 10 N–H and O–H groups in total. The van der Waals surface area contributed by atoms with Crippen LogP contribution in [0.15, 0.2) is 0 Å². The van der Waals surface area contributed by atoms with Crippen molar-refractivity contribution in [3.63, 3.8) is 0 Å². The summed E-state index contributed by atoms with van der Waals surface area (Å²) < 4.78 is 61.6. The Hall–Kier alpha value is -0.840. The van der Waals surface area contributed by atoms with E-state index in [4.69, 9.17) is 52.1 Å². The molecule has 0 amide bonds. The van der Waals surface area contributed by atoms with Crippen LogP contribution in [-0.2, 0) is 52.1 Å². The maximum absolute atomic E-state index is 11.1. The zero-order chi connectivity index (χ0) is 45.7. The molecule has 0 aromatic heterocycles. The van der Waals surface area contributed by atoms with Gasteiger partial charge in [-0.2, -0.15) is 0 Å². The minimum atomic E-state index is -1.80. The molecule has 4 heterocycles. The summed E-state index contributed by atoms with van der Waals surface area (Å²) in [5, 5.41) is 106. The minimum Gasteiger partial charge on any atom is -0.387 e. The van der Waals surface area contributed by atoms with Gasteiger partial charge in [0.2, 0.25) is 0 Å². The Balaban J connectivity index is 0.00000242. The molecular formula is C39H78O21. The summed E-state index contributed by atoms with van der Waals surface area (Å²) in [6.07, 6.45) is -26.2. The number of methoxy groups -OCH3 is 2. The van der Waals surface area contributed by atoms with Crippen molar-refractivity contribution in [1.82, 2.24) is 0 Å². The number of hydrogen-bond acceptors (Lipinski definition) is 21. The van der Waals surface area contributed by atoms with E-state index in [9.17, 15) is 51.1 Å². The van der Waals surface area contributed by atoms with E-state index in [0.29, 0.717) is 6.42 Å². The van der Waals surface area contributed by atoms with Gasteiger partial charge in [-0.25, -0.2) is 0 Å². The lowest BCUT2D eigenvalue weighted by Gasteiger charge is -2.45. The third-order valence-electron chi connectivity index (χ3n) is 9.62. The molecule has 0 bridgehead atoms. The Morgan fingerprint density at radius 1 is 0.400 bits per heavy atom. The smallest absolute Gasteiger partial charge is 0.186 e. The van der Waals surface area contributed by atoms with Crippen molar-refractivity contribution < 1.29 is 103 Å². The number of unbranched alkanes of at least 4 members (excludes halogenated alkanes) is 1. The van der Waals surface area contributed by atoms with E-state index in [1.54, 1.807) is 6.92 Å². The summed E-state index contributed by atoms with van der Waals surface area (Å²) in [6, 6.07) is 0. The minimum absolute atomic E-state index is 0.120. The quantitative estimate of drug-likeness (QED) is 0.0660. The highest BCUT2D eigenvalue weighted by atomic mass is 16.8. The van der Waals surface area contributed by atoms with Crippen molar-refractivity contribution in [1.29, 1.82) is 0 Å². The highest BCUT2D eigenvalue weighted by Gasteiger charge is 2.51. The third-order valence-corrected chi connectivity index (χ3v) is 9.62. The molecule has 0 radical (unpaired) electrons. The van der Waals surface area contributed by atoms with Crippen LogP contribution in [0.25, 0.3) is 0 Å². The molecule has 60 heavy (non-hydrogen) atoms. The summed E-state index contributed by atoms with van der Waals surface area (Å²) in [6.45, 7) is 14.7. The van der Waals surface area contributed by atoms with E-state index in [2.05, 4.69) is 13.8 Å². The molecule has 0 aliphatic carbocycles. The Bertz CT molecular complexity index is 1070. The van der Waals surface area contributed by atoms with Gasteiger partial charge in [-0.05, 0) is 13.3 Å². The van der Waals surface area contributed by atoms with Crippen molar-refractivity contribution in [2.24, 2.45) is 0 Å². The highest BCUT2D eigenvalue weighted by molar-refractivity contribution is 4.95. The van der Waals surface area contributed by atoms with Crippen molar-refractivity contribution in [3.05, 3.63) is 0 Å². The van der Waals surface area contributed by atoms with Gasteiger partial charge in [0.05, 0.1) is 26.4 Å². The first kappa shape index (κ1) is 57.2. The number of rotatable bonds is 18. The van der Waals surface area contributed by atoms with E-state index in [1.807, 2.05) is 34.6 Å². The predicted molar refractivity (Wildman–Crippen MR) is 210 cm³/mol. The molecule has 21 heteroatoms. The summed E-state index contributed by atoms with van der Waals surface area (Å²) in [7, 11) is 2.63. The van der Waals surface area contributed by atoms with Crippen LogP contribution >= 0.6 is 0 Å². The molecule has 21 nitrogen and oxygen atoms in total. The Kier molecular flexibility index (Phi) is 28.9. The Labute approximate surface area is 354 Å². The van der Waals surface area contributed by atoms with Crippen LogP contribution in [-0.4, -0.2) is 228 Å². The molecule has 0 aromatic rings. The fourth-order valence-electron chi connectivity index (χ4n) is 6.50. The average Bonchev–Trinajstić information content (AvgIpc) is 3.25. The Morgan fingerprint density at radius 2 is 0.750 bits per heavy atom. The summed E-state index contributed by atoms with van der Waals surface area (Å²) in [5.41, 5.74) is 0. The first-order valence-electron chi connectivity index (χ1n) is 21.2. The van der Waals surface area contributed by atoms with Crippen LogP contribution in [0, 0.1) is 0 Å². The van der Waals surface area contributed by atoms with Gasteiger partial charge in [-0.1, -0.05) is 61.3 Å². The first-order chi connectivity index (χ1) is 28.7. The maximum atomic E-state index is 11.1. The number of aliphatic hydroxyl groups excluding tert-OH is 10. The van der Waals surface area contributed by atoms with E-state index in [0.717, 1.165) is 6.42 Å². The fourth-order valence-corrected chi connectivity index (χ4v) is 6.50. The molecule has 360 valence electrons. The van der Waals surface area contributed by atoms with Crippen LogP contribution in [0.1, 0.15) is 74.7 Å². The highest BCUT2D eigenvalue weighted by Crippen LogP contribution is 2.31. The molecule has 0 aromatic carbocycles. The second-order valence-corrected chi connectivity index (χ2v) is 14.1. The summed E-state index contributed by atoms with van der Waals surface area (Å²) in [4.78, 5) is 0. The molecule has 4 aliphatic rings. The molecule has 20 atom stereocenters. The molecule has 0 unspecified atom stereocenters. The topological polar surface area (TPSA) is 304 Å². The second kappa shape index (κ2) is 30.3. The van der Waals surface area contributed by atoms with E-state index in [-0.39, 0.29) is 26.4 Å². The molecule has 4 fully saturated rings. The molecular weight excluding hydrogens is 804 g/mol. The standard InChI is InChI=1S/C32H58O21.C3H8.2C2H6/c1-5-7-8-46-28-16(12-49-30-23(39)19(35)17(33)13(50-30)9-43-3)53-32(26(42)22(28)38)47-10-14-18(34)20(36)24(40)31(51-14)48-11-15-27(45-6-2)21(37)25(41)29(44-4)52-15;1-3-2;2*1-2/h13-42H,5-12H2,1-4H3;3H2,1-2H3;2*1-2H3/t13-,14-,15-,16-,17-,18-,19+,20+,21-,22-,23-,24-,25-,26-,27-,28-,29+,30+,31+,32+;;;/m1.../s1. The van der Waals surface area contributed by atoms with Crippen LogP contribution < -0.4 is 0 Å². The Morgan fingerprint density at radius 3 is 1.15 bits per heavy atom. The lowest BCUT2D eigenvalue weighted by atomic mass is 9.97. The molecule has 4 saturated heterocycles. The van der Waals surface area contributed by atoms with E-state index in [1.165, 1.54) is 20.6 Å². The van der Waals surface area contributed by atoms with Gasteiger partial charge in [0.15, 0.2) is 25.2 Å². The number of ether oxygens (including phenoxy) is 11. The van der Waals surface area contributed by atoms with Crippen LogP contribution in [0.3, 0.4) is 0 Å². The number of hydrogen-bond donors (Lipinski definition) is 10. The first-order valence-corrected chi connectivity index (χ1v) is 21.2. The normalized spacial score (nSPS) is 41.8. The predicted octanol–water partition coefficient (Wildman–Crippen LogP) is -2.10. The van der Waals surface area contributed by atoms with Crippen molar-refractivity contribution in [2.45, 2.75) is 197 Å². The van der Waals surface area contributed by atoms with Crippen LogP contribution in [0.4, 0.5) is 0 Å². The zero-order valence-corrected chi connectivity index (χ0v) is 36.9. The number of aliphatic hydroxyl groups is 10. The van der Waals surface area contributed by atoms with Gasteiger partial charge in [0.1, 0.15) is 97.7 Å². The van der Waals surface area contributed by atoms with Crippen molar-refractivity contribution >= 4 is 0 Å². The van der Waals surface area contributed by atoms with Gasteiger partial charge in [0.25, 0.3) is 0 Å². The fraction of sp³-hybridized carbons (Fsp3) is 1.00. The van der Waals surface area contributed by atoms with E-state index < -0.39 is 136 Å². The largest absolute Gasteiger partial charge is 0.387 e. The van der Waals surface area contributed by atoms with Gasteiger partial charge in [-0.15, -0.1) is 0 Å². The molecule has 4 rings (SSSR count). The van der Waals surface area contributed by atoms with Gasteiger partial charge >= 0.3 is 0 Å². The lowest BCUT2D eigenvalue weighted by Crippen LogP contribution is -2.63. The van der Waals surface area contributed by atoms with Gasteiger partial charge in [-0.3, -0.25) is 0 Å². The average molecular weight is 883 g/mol. The van der Waals surface area contributed by atoms with Crippen molar-refractivity contribution in [2.75, 3.05) is 53.9 Å². The van der Waals surface area contributed by atoms with Crippen LogP contribution in [0.2, 0.25) is 0 Å². The maximum Gasteiger partial charge on any atom is 0.186 e. The second-order valence-electron chi connectivity index (χ2n) is 14.1. The van der Waals surface area contributed by atoms with Crippen molar-refractivity contribution in [3.8, 4) is 0 Å². The molecule has 0 saturated carbocycles. The summed E-state index contributed by atoms with van der Waals surface area (Å²) >= 11 is 0. The summed E-state index contributed by atoms with van der Waals surface area (Å²) in [5.74, 6) is 0. The molecule has 4 aliphatic heterocycles. The third kappa shape index (κ3) is 15.7. The van der Waals surface area contributed by atoms with Gasteiger partial charge in [0, 0.05) is 27.4 Å². The monoisotopic (exact) mass is 883 g/mol. The SMILES string of the molecule is CC.CC.CCC.CCCCO[C@H]1[C@H](O)[C@@H](O)[C@@H](OC[C@H]2O[C@H](OC[C@H]3O[C@H](OC)[C@H](O)[C@@H](O)[C@@H]3OCC)[C@H](O)[C@@H](O)[C@@H]2O)O[C@@H]1CO[C@H]1O[C@H](COC)[C@@H](O)[C@H](O)[C@H]1O. The lowest BCUT2D eigenvalue weighted by molar-refractivity contribution is -0.350. The molecule has 0 spiro atoms. The van der Waals surface area contributed by atoms with E-state index >= 15 is 0 Å². The zero-order valence-electron chi connectivity index (χ0n) is 36.9. The van der Waals surface area contributed by atoms with Crippen LogP contribution in [0.5, 0.6) is 0 Å².